The van der Waals surface area contributed by atoms with Crippen LogP contribution in [0.15, 0.2) is 0 Å². The first-order valence-electron chi connectivity index (χ1n) is 7.16. The molecule has 2 nitrogen and oxygen atoms in total. The number of hydrogen-bond donors (Lipinski definition) is 0. The smallest absolute Gasteiger partial charge is 0.0711 e. The first-order chi connectivity index (χ1) is 8.85. The summed E-state index contributed by atoms with van der Waals surface area (Å²) >= 11 is 11.4. The van der Waals surface area contributed by atoms with Crippen LogP contribution in [0.25, 0.3) is 0 Å². The molecule has 0 aromatic rings. The van der Waals surface area contributed by atoms with Crippen LogP contribution < -0.4 is 0 Å². The van der Waals surface area contributed by atoms with E-state index in [9.17, 15) is 0 Å². The van der Waals surface area contributed by atoms with Gasteiger partial charge in [0, 0.05) is 11.8 Å². The normalized spacial score (nSPS) is 12.8. The summed E-state index contributed by atoms with van der Waals surface area (Å²) in [5.74, 6) is 1.11. The van der Waals surface area contributed by atoms with Gasteiger partial charge < -0.3 is 9.47 Å². The molecule has 0 bridgehead atoms. The number of alkyl halides is 2. The minimum absolute atomic E-state index is 0.178. The lowest BCUT2D eigenvalue weighted by Gasteiger charge is -2.15. The molecule has 0 fully saturated rings. The summed E-state index contributed by atoms with van der Waals surface area (Å²) in [4.78, 5) is 0. The Balaban J connectivity index is 3.29. The molecule has 1 unspecified atom stereocenters. The molecule has 0 heterocycles. The minimum Gasteiger partial charge on any atom is -0.378 e. The third-order valence-corrected chi connectivity index (χ3v) is 3.35. The molecule has 0 aliphatic heterocycles. The van der Waals surface area contributed by atoms with Crippen LogP contribution in [0.2, 0.25) is 0 Å². The Morgan fingerprint density at radius 2 is 1.61 bits per heavy atom. The van der Waals surface area contributed by atoms with Crippen molar-refractivity contribution in [2.45, 2.75) is 58.0 Å². The first-order valence-corrected chi connectivity index (χ1v) is 8.23. The van der Waals surface area contributed by atoms with E-state index in [1.807, 2.05) is 0 Å². The molecule has 0 radical (unpaired) electrons. The van der Waals surface area contributed by atoms with Gasteiger partial charge in [0.25, 0.3) is 0 Å². The molecule has 1 atom stereocenters. The first kappa shape index (κ1) is 18.5. The molecular formula is C14H28Cl2O2. The van der Waals surface area contributed by atoms with Crippen molar-refractivity contribution < 1.29 is 9.47 Å². The average Bonchev–Trinajstić information content (AvgIpc) is 2.40. The molecule has 0 amide bonds. The van der Waals surface area contributed by atoms with Crippen molar-refractivity contribution in [2.75, 3.05) is 31.6 Å². The third-order valence-electron chi connectivity index (χ3n) is 2.85. The largest absolute Gasteiger partial charge is 0.378 e. The lowest BCUT2D eigenvalue weighted by atomic mass is 10.1. The highest BCUT2D eigenvalue weighted by molar-refractivity contribution is 6.18. The Hall–Kier alpha value is 0.500. The number of rotatable bonds is 14. The van der Waals surface area contributed by atoms with Crippen LogP contribution in [0.4, 0.5) is 0 Å². The summed E-state index contributed by atoms with van der Waals surface area (Å²) in [7, 11) is 0. The quantitative estimate of drug-likeness (QED) is 0.344. The van der Waals surface area contributed by atoms with Gasteiger partial charge in [-0.25, -0.2) is 0 Å². The van der Waals surface area contributed by atoms with Gasteiger partial charge in [0.2, 0.25) is 0 Å². The lowest BCUT2D eigenvalue weighted by Crippen LogP contribution is -2.18. The highest BCUT2D eigenvalue weighted by Crippen LogP contribution is 2.11. The minimum atomic E-state index is 0.178. The lowest BCUT2D eigenvalue weighted by molar-refractivity contribution is 0.0131. The molecule has 4 heteroatoms. The molecule has 0 N–H and O–H groups in total. The fourth-order valence-corrected chi connectivity index (χ4v) is 2.14. The fourth-order valence-electron chi connectivity index (χ4n) is 1.79. The molecular weight excluding hydrogens is 271 g/mol. The molecule has 18 heavy (non-hydrogen) atoms. The number of hydrogen-bond acceptors (Lipinski definition) is 2. The number of unbranched alkanes of at least 4 members (excludes halogenated alkanes) is 5. The summed E-state index contributed by atoms with van der Waals surface area (Å²) in [6.07, 6.45) is 9.09. The monoisotopic (exact) mass is 298 g/mol. The summed E-state index contributed by atoms with van der Waals surface area (Å²) < 4.78 is 10.9. The van der Waals surface area contributed by atoms with Gasteiger partial charge >= 0.3 is 0 Å². The molecule has 0 saturated heterocycles. The predicted octanol–water partition coefficient (Wildman–Crippen LogP) is 4.62. The zero-order valence-electron chi connectivity index (χ0n) is 11.6. The van der Waals surface area contributed by atoms with Gasteiger partial charge in [0.05, 0.1) is 25.9 Å². The zero-order chi connectivity index (χ0) is 13.5. The zero-order valence-corrected chi connectivity index (χ0v) is 13.1. The van der Waals surface area contributed by atoms with Crippen LogP contribution in [-0.4, -0.2) is 37.7 Å². The van der Waals surface area contributed by atoms with E-state index in [2.05, 4.69) is 6.92 Å². The van der Waals surface area contributed by atoms with Crippen molar-refractivity contribution in [3.8, 4) is 0 Å². The van der Waals surface area contributed by atoms with Crippen molar-refractivity contribution in [3.63, 3.8) is 0 Å². The van der Waals surface area contributed by atoms with E-state index >= 15 is 0 Å². The van der Waals surface area contributed by atoms with Crippen molar-refractivity contribution in [1.29, 1.82) is 0 Å². The Labute approximate surface area is 122 Å². The van der Waals surface area contributed by atoms with Crippen molar-refractivity contribution in [1.82, 2.24) is 0 Å². The predicted molar refractivity (Wildman–Crippen MR) is 80.0 cm³/mol. The molecule has 0 spiro atoms. The highest BCUT2D eigenvalue weighted by atomic mass is 35.5. The van der Waals surface area contributed by atoms with Gasteiger partial charge in [-0.1, -0.05) is 45.4 Å². The Morgan fingerprint density at radius 3 is 2.28 bits per heavy atom. The SMILES string of the molecule is CCCCCCCCC(CCl)OCCOCCCl. The van der Waals surface area contributed by atoms with Gasteiger partial charge in [-0.15, -0.1) is 23.2 Å². The van der Waals surface area contributed by atoms with Gasteiger partial charge in [-0.3, -0.25) is 0 Å². The summed E-state index contributed by atoms with van der Waals surface area (Å²) in [5.41, 5.74) is 0. The Kier molecular flexibility index (Phi) is 16.0. The number of halogens is 2. The van der Waals surface area contributed by atoms with Gasteiger partial charge in [0.1, 0.15) is 0 Å². The van der Waals surface area contributed by atoms with E-state index in [1.165, 1.54) is 38.5 Å². The Bertz CT molecular complexity index is 157. The van der Waals surface area contributed by atoms with Crippen LogP contribution in [0.3, 0.4) is 0 Å². The molecule has 0 aromatic carbocycles. The summed E-state index contributed by atoms with van der Waals surface area (Å²) in [6.45, 7) is 4.05. The molecule has 110 valence electrons. The van der Waals surface area contributed by atoms with Crippen LogP contribution in [0.5, 0.6) is 0 Å². The summed E-state index contributed by atoms with van der Waals surface area (Å²) in [6, 6.07) is 0. The molecule has 0 aromatic heterocycles. The maximum atomic E-state index is 5.88. The van der Waals surface area contributed by atoms with E-state index in [-0.39, 0.29) is 6.10 Å². The maximum Gasteiger partial charge on any atom is 0.0711 e. The Morgan fingerprint density at radius 1 is 0.889 bits per heavy atom. The standard InChI is InChI=1S/C14H28Cl2O2/c1-2-3-4-5-6-7-8-14(13-16)18-12-11-17-10-9-15/h14H,2-13H2,1H3. The molecule has 0 aliphatic carbocycles. The van der Waals surface area contributed by atoms with E-state index < -0.39 is 0 Å². The van der Waals surface area contributed by atoms with Gasteiger partial charge in [-0.05, 0) is 6.42 Å². The molecule has 0 saturated carbocycles. The van der Waals surface area contributed by atoms with E-state index in [4.69, 9.17) is 32.7 Å². The van der Waals surface area contributed by atoms with Crippen molar-refractivity contribution in [2.24, 2.45) is 0 Å². The van der Waals surface area contributed by atoms with Crippen LogP contribution in [0, 0.1) is 0 Å². The van der Waals surface area contributed by atoms with Crippen molar-refractivity contribution >= 4 is 23.2 Å². The second kappa shape index (κ2) is 15.6. The second-order valence-electron chi connectivity index (χ2n) is 4.50. The van der Waals surface area contributed by atoms with Gasteiger partial charge in [-0.2, -0.15) is 0 Å². The summed E-state index contributed by atoms with van der Waals surface area (Å²) in [5, 5.41) is 0. The molecule has 0 rings (SSSR count). The topological polar surface area (TPSA) is 18.5 Å². The maximum absolute atomic E-state index is 5.88. The average molecular weight is 299 g/mol. The van der Waals surface area contributed by atoms with Crippen LogP contribution in [0.1, 0.15) is 51.9 Å². The molecule has 0 aliphatic rings. The third kappa shape index (κ3) is 12.9. The van der Waals surface area contributed by atoms with E-state index in [1.54, 1.807) is 0 Å². The van der Waals surface area contributed by atoms with E-state index in [0.717, 1.165) is 6.42 Å². The fraction of sp³-hybridized carbons (Fsp3) is 1.00. The second-order valence-corrected chi connectivity index (χ2v) is 5.19. The number of ether oxygens (including phenoxy) is 2. The highest BCUT2D eigenvalue weighted by Gasteiger charge is 2.07. The van der Waals surface area contributed by atoms with Crippen LogP contribution >= 0.6 is 23.2 Å². The van der Waals surface area contributed by atoms with Crippen molar-refractivity contribution in [3.05, 3.63) is 0 Å². The van der Waals surface area contributed by atoms with Gasteiger partial charge in [0.15, 0.2) is 0 Å². The van der Waals surface area contributed by atoms with E-state index in [0.29, 0.717) is 31.6 Å². The van der Waals surface area contributed by atoms with Crippen LogP contribution in [-0.2, 0) is 9.47 Å².